The van der Waals surface area contributed by atoms with Gasteiger partial charge in [-0.2, -0.15) is 0 Å². The Kier molecular flexibility index (Phi) is 2.98. The van der Waals surface area contributed by atoms with E-state index in [0.717, 1.165) is 6.42 Å². The maximum absolute atomic E-state index is 12.3. The number of hydrogen-bond donors (Lipinski definition) is 0. The smallest absolute Gasteiger partial charge is 0.320 e. The van der Waals surface area contributed by atoms with Crippen LogP contribution in [0.5, 0.6) is 0 Å². The number of carbonyl (C=O) groups is 3. The van der Waals surface area contributed by atoms with Crippen molar-refractivity contribution in [2.75, 3.05) is 0 Å². The zero-order chi connectivity index (χ0) is 15.6. The Labute approximate surface area is 124 Å². The lowest BCUT2D eigenvalue weighted by Gasteiger charge is -2.36. The molecular weight excluding hydrogens is 272 g/mol. The molecule has 0 spiro atoms. The lowest BCUT2D eigenvalue weighted by Crippen LogP contribution is -2.45. The molecule has 0 aromatic rings. The highest BCUT2D eigenvalue weighted by molar-refractivity contribution is 6.00. The van der Waals surface area contributed by atoms with Crippen molar-refractivity contribution in [3.8, 4) is 0 Å². The Morgan fingerprint density at radius 1 is 1.38 bits per heavy atom. The van der Waals surface area contributed by atoms with E-state index in [0.29, 0.717) is 12.8 Å². The van der Waals surface area contributed by atoms with E-state index in [4.69, 9.17) is 9.47 Å². The highest BCUT2D eigenvalue weighted by Gasteiger charge is 2.71. The number of carbonyl (C=O) groups excluding carboxylic acids is 3. The third kappa shape index (κ3) is 1.79. The van der Waals surface area contributed by atoms with E-state index >= 15 is 0 Å². The van der Waals surface area contributed by atoms with Crippen molar-refractivity contribution in [1.29, 1.82) is 0 Å². The average molecular weight is 294 g/mol. The van der Waals surface area contributed by atoms with Crippen molar-refractivity contribution in [1.82, 2.24) is 0 Å². The van der Waals surface area contributed by atoms with Gasteiger partial charge < -0.3 is 9.47 Å². The summed E-state index contributed by atoms with van der Waals surface area (Å²) in [5, 5.41) is 0. The predicted octanol–water partition coefficient (Wildman–Crippen LogP) is 2.08. The largest absolute Gasteiger partial charge is 0.462 e. The van der Waals surface area contributed by atoms with Crippen molar-refractivity contribution >= 4 is 17.9 Å². The molecule has 2 saturated carbocycles. The highest BCUT2D eigenvalue weighted by atomic mass is 16.6. The van der Waals surface area contributed by atoms with Gasteiger partial charge in [-0.25, -0.2) is 0 Å². The molecule has 0 aromatic carbocycles. The molecule has 116 valence electrons. The maximum Gasteiger partial charge on any atom is 0.320 e. The first-order chi connectivity index (χ1) is 9.71. The molecule has 5 heteroatoms. The molecule has 0 radical (unpaired) electrons. The second kappa shape index (κ2) is 4.31. The van der Waals surface area contributed by atoms with E-state index in [1.807, 2.05) is 20.8 Å². The summed E-state index contributed by atoms with van der Waals surface area (Å²) < 4.78 is 10.5. The molecule has 5 atom stereocenters. The first-order valence-corrected chi connectivity index (χ1v) is 7.69. The zero-order valence-electron chi connectivity index (χ0n) is 13.0. The Hall–Kier alpha value is -1.39. The zero-order valence-corrected chi connectivity index (χ0v) is 13.0. The Morgan fingerprint density at radius 3 is 2.67 bits per heavy atom. The molecule has 1 heterocycles. The summed E-state index contributed by atoms with van der Waals surface area (Å²) in [4.78, 5) is 36.2. The SMILES string of the molecule is CCC(C)(C)C(=O)OC1CC2CC1C1(C)C(=O)OC(=O)C21. The van der Waals surface area contributed by atoms with Crippen LogP contribution in [0.2, 0.25) is 0 Å². The summed E-state index contributed by atoms with van der Waals surface area (Å²) in [6.45, 7) is 7.47. The third-order valence-corrected chi connectivity index (χ3v) is 6.01. The molecule has 1 aliphatic heterocycles. The van der Waals surface area contributed by atoms with Crippen LogP contribution in [-0.2, 0) is 23.9 Å². The summed E-state index contributed by atoms with van der Waals surface area (Å²) in [7, 11) is 0. The van der Waals surface area contributed by atoms with Gasteiger partial charge in [-0.15, -0.1) is 0 Å². The number of rotatable bonds is 3. The van der Waals surface area contributed by atoms with Crippen LogP contribution in [-0.4, -0.2) is 24.0 Å². The first-order valence-electron chi connectivity index (χ1n) is 7.69. The number of fused-ring (bicyclic) bond motifs is 5. The summed E-state index contributed by atoms with van der Waals surface area (Å²) in [5.74, 6) is -1.40. The fraction of sp³-hybridized carbons (Fsp3) is 0.812. The van der Waals surface area contributed by atoms with Gasteiger partial charge in [0.05, 0.1) is 16.7 Å². The minimum Gasteiger partial charge on any atom is -0.462 e. The van der Waals surface area contributed by atoms with Crippen molar-refractivity contribution in [2.24, 2.45) is 28.6 Å². The van der Waals surface area contributed by atoms with Gasteiger partial charge in [0.25, 0.3) is 0 Å². The Balaban J connectivity index is 1.80. The Morgan fingerprint density at radius 2 is 2.05 bits per heavy atom. The molecule has 5 unspecified atom stereocenters. The lowest BCUT2D eigenvalue weighted by atomic mass is 9.67. The van der Waals surface area contributed by atoms with Crippen molar-refractivity contribution in [3.05, 3.63) is 0 Å². The van der Waals surface area contributed by atoms with Crippen LogP contribution in [0.3, 0.4) is 0 Å². The summed E-state index contributed by atoms with van der Waals surface area (Å²) in [5.41, 5.74) is -1.32. The number of esters is 3. The molecule has 3 rings (SSSR count). The topological polar surface area (TPSA) is 69.7 Å². The van der Waals surface area contributed by atoms with E-state index in [1.165, 1.54) is 0 Å². The van der Waals surface area contributed by atoms with Crippen molar-refractivity contribution in [2.45, 2.75) is 53.1 Å². The molecule has 0 amide bonds. The highest BCUT2D eigenvalue weighted by Crippen LogP contribution is 2.63. The second-order valence-corrected chi connectivity index (χ2v) is 7.49. The van der Waals surface area contributed by atoms with E-state index in [-0.39, 0.29) is 29.8 Å². The van der Waals surface area contributed by atoms with Gasteiger partial charge in [0.15, 0.2) is 0 Å². The monoisotopic (exact) mass is 294 g/mol. The van der Waals surface area contributed by atoms with Gasteiger partial charge in [-0.3, -0.25) is 14.4 Å². The van der Waals surface area contributed by atoms with E-state index in [9.17, 15) is 14.4 Å². The van der Waals surface area contributed by atoms with Gasteiger partial charge in [-0.1, -0.05) is 6.92 Å². The molecule has 2 bridgehead atoms. The molecule has 2 aliphatic carbocycles. The lowest BCUT2D eigenvalue weighted by molar-refractivity contribution is -0.169. The predicted molar refractivity (Wildman–Crippen MR) is 72.9 cm³/mol. The molecule has 0 N–H and O–H groups in total. The van der Waals surface area contributed by atoms with Crippen LogP contribution in [0.15, 0.2) is 0 Å². The van der Waals surface area contributed by atoms with Crippen LogP contribution in [0, 0.1) is 28.6 Å². The minimum absolute atomic E-state index is 0.0944. The van der Waals surface area contributed by atoms with Crippen LogP contribution in [0.4, 0.5) is 0 Å². The third-order valence-electron chi connectivity index (χ3n) is 6.01. The quantitative estimate of drug-likeness (QED) is 0.589. The van der Waals surface area contributed by atoms with Gasteiger partial charge in [0.1, 0.15) is 6.10 Å². The molecule has 1 saturated heterocycles. The van der Waals surface area contributed by atoms with Gasteiger partial charge in [-0.05, 0) is 46.0 Å². The van der Waals surface area contributed by atoms with Crippen molar-refractivity contribution < 1.29 is 23.9 Å². The van der Waals surface area contributed by atoms with Gasteiger partial charge >= 0.3 is 17.9 Å². The molecule has 3 fully saturated rings. The summed E-state index contributed by atoms with van der Waals surface area (Å²) in [6.07, 6.45) is 1.87. The Bertz CT molecular complexity index is 523. The van der Waals surface area contributed by atoms with E-state index in [2.05, 4.69) is 0 Å². The summed E-state index contributed by atoms with van der Waals surface area (Å²) in [6, 6.07) is 0. The van der Waals surface area contributed by atoms with Gasteiger partial charge in [0.2, 0.25) is 0 Å². The van der Waals surface area contributed by atoms with Crippen molar-refractivity contribution in [3.63, 3.8) is 0 Å². The molecule has 5 nitrogen and oxygen atoms in total. The molecule has 21 heavy (non-hydrogen) atoms. The van der Waals surface area contributed by atoms with Gasteiger partial charge in [0, 0.05) is 5.92 Å². The second-order valence-electron chi connectivity index (χ2n) is 7.49. The number of cyclic esters (lactones) is 2. The number of hydrogen-bond acceptors (Lipinski definition) is 5. The minimum atomic E-state index is -0.804. The molecule has 0 aromatic heterocycles. The van der Waals surface area contributed by atoms with Crippen LogP contribution in [0.1, 0.15) is 47.0 Å². The van der Waals surface area contributed by atoms with Crippen LogP contribution >= 0.6 is 0 Å². The number of ether oxygens (including phenoxy) is 2. The maximum atomic E-state index is 12.3. The standard InChI is InChI=1S/C16H22O5/c1-5-15(2,3)13(18)20-10-7-8-6-9(10)16(4)11(8)12(17)21-14(16)19/h8-11H,5-7H2,1-4H3. The fourth-order valence-corrected chi connectivity index (χ4v) is 4.21. The van der Waals surface area contributed by atoms with E-state index in [1.54, 1.807) is 6.92 Å². The van der Waals surface area contributed by atoms with E-state index < -0.39 is 22.8 Å². The average Bonchev–Trinajstić information content (AvgIpc) is 3.00. The molecule has 3 aliphatic rings. The fourth-order valence-electron chi connectivity index (χ4n) is 4.21. The first kappa shape index (κ1) is 14.5. The van der Waals surface area contributed by atoms with Crippen LogP contribution in [0.25, 0.3) is 0 Å². The molecular formula is C16H22O5. The summed E-state index contributed by atoms with van der Waals surface area (Å²) >= 11 is 0. The van der Waals surface area contributed by atoms with Crippen LogP contribution < -0.4 is 0 Å². The normalized spacial score (nSPS) is 41.1.